The van der Waals surface area contributed by atoms with Crippen molar-refractivity contribution in [3.05, 3.63) is 60.2 Å². The Morgan fingerprint density at radius 3 is 2.04 bits per heavy atom. The van der Waals surface area contributed by atoms with Crippen molar-refractivity contribution >= 4 is 0 Å². The van der Waals surface area contributed by atoms with Crippen LogP contribution in [0, 0.1) is 0 Å². The molecule has 2 aromatic rings. The Kier molecular flexibility index (Phi) is 9.57. The summed E-state index contributed by atoms with van der Waals surface area (Å²) < 4.78 is 11.3. The Morgan fingerprint density at radius 1 is 0.720 bits per heavy atom. The maximum atomic E-state index is 5.72. The Balaban J connectivity index is 1.55. The van der Waals surface area contributed by atoms with E-state index in [1.54, 1.807) is 0 Å². The predicted octanol–water partition coefficient (Wildman–Crippen LogP) is 5.20. The lowest BCUT2D eigenvalue weighted by Gasteiger charge is -2.09. The first kappa shape index (κ1) is 19.3. The van der Waals surface area contributed by atoms with Crippen LogP contribution in [0.4, 0.5) is 0 Å². The maximum absolute atomic E-state index is 5.72. The van der Waals surface area contributed by atoms with Gasteiger partial charge in [0.15, 0.2) is 0 Å². The van der Waals surface area contributed by atoms with Gasteiger partial charge in [0.1, 0.15) is 24.7 Å². The molecule has 136 valence electrons. The van der Waals surface area contributed by atoms with Gasteiger partial charge in [-0.2, -0.15) is 0 Å². The first-order chi connectivity index (χ1) is 12.4. The molecule has 1 N–H and O–H groups in total. The molecule has 3 nitrogen and oxygen atoms in total. The molecule has 0 saturated heterocycles. The summed E-state index contributed by atoms with van der Waals surface area (Å²) in [5, 5.41) is 3.51. The molecule has 2 rings (SSSR count). The van der Waals surface area contributed by atoms with Crippen molar-refractivity contribution in [1.29, 1.82) is 0 Å². The first-order valence-electron chi connectivity index (χ1n) is 9.49. The number of hydrogen-bond donors (Lipinski definition) is 1. The van der Waals surface area contributed by atoms with E-state index in [9.17, 15) is 0 Å². The Bertz CT molecular complexity index is 554. The van der Waals surface area contributed by atoms with Gasteiger partial charge in [-0.05, 0) is 42.8 Å². The van der Waals surface area contributed by atoms with Crippen LogP contribution >= 0.6 is 0 Å². The molecule has 0 saturated carbocycles. The van der Waals surface area contributed by atoms with Gasteiger partial charge < -0.3 is 14.8 Å². The van der Waals surface area contributed by atoms with Gasteiger partial charge in [-0.15, -0.1) is 0 Å². The molecule has 0 radical (unpaired) electrons. The van der Waals surface area contributed by atoms with Crippen LogP contribution in [0.5, 0.6) is 11.5 Å². The van der Waals surface area contributed by atoms with E-state index in [2.05, 4.69) is 24.4 Å². The summed E-state index contributed by atoms with van der Waals surface area (Å²) in [5.74, 6) is 1.77. The Labute approximate surface area is 152 Å². The predicted molar refractivity (Wildman–Crippen MR) is 104 cm³/mol. The summed E-state index contributed by atoms with van der Waals surface area (Å²) >= 11 is 0. The van der Waals surface area contributed by atoms with Gasteiger partial charge in [0, 0.05) is 6.54 Å². The van der Waals surface area contributed by atoms with Gasteiger partial charge >= 0.3 is 0 Å². The van der Waals surface area contributed by atoms with Crippen molar-refractivity contribution in [3.8, 4) is 11.5 Å². The molecule has 0 spiro atoms. The molecule has 0 unspecified atom stereocenters. The molecule has 0 amide bonds. The molecule has 0 atom stereocenters. The normalized spacial score (nSPS) is 10.6. The van der Waals surface area contributed by atoms with Crippen molar-refractivity contribution in [1.82, 2.24) is 5.32 Å². The van der Waals surface area contributed by atoms with E-state index in [4.69, 9.17) is 9.47 Å². The lowest BCUT2D eigenvalue weighted by molar-refractivity contribution is 0.217. The summed E-state index contributed by atoms with van der Waals surface area (Å²) in [4.78, 5) is 0. The SMILES string of the molecule is CCCCCCCNCc1ccc(OCCOc2ccccc2)cc1. The number of unbranched alkanes of at least 4 members (excludes halogenated alkanes) is 4. The van der Waals surface area contributed by atoms with Crippen LogP contribution in [0.15, 0.2) is 54.6 Å². The average Bonchev–Trinajstić information content (AvgIpc) is 2.66. The third-order valence-electron chi connectivity index (χ3n) is 4.07. The van der Waals surface area contributed by atoms with Crippen molar-refractivity contribution in [3.63, 3.8) is 0 Å². The maximum Gasteiger partial charge on any atom is 0.122 e. The molecule has 0 aromatic heterocycles. The van der Waals surface area contributed by atoms with Crippen molar-refractivity contribution < 1.29 is 9.47 Å². The lowest BCUT2D eigenvalue weighted by atomic mass is 10.1. The monoisotopic (exact) mass is 341 g/mol. The van der Waals surface area contributed by atoms with Crippen LogP contribution in [0.1, 0.15) is 44.6 Å². The molecule has 0 aliphatic rings. The standard InChI is InChI=1S/C22H31NO2/c1-2-3-4-5-9-16-23-19-20-12-14-22(15-13-20)25-18-17-24-21-10-7-6-8-11-21/h6-8,10-15,23H,2-5,9,16-19H2,1H3. The molecule has 3 heteroatoms. The minimum Gasteiger partial charge on any atom is -0.490 e. The van der Waals surface area contributed by atoms with Crippen LogP contribution in [-0.4, -0.2) is 19.8 Å². The zero-order valence-corrected chi connectivity index (χ0v) is 15.4. The quantitative estimate of drug-likeness (QED) is 0.508. The fourth-order valence-corrected chi connectivity index (χ4v) is 2.63. The van der Waals surface area contributed by atoms with Gasteiger partial charge in [0.25, 0.3) is 0 Å². The summed E-state index contributed by atoms with van der Waals surface area (Å²) in [6.07, 6.45) is 6.62. The number of ether oxygens (including phenoxy) is 2. The number of benzene rings is 2. The minimum atomic E-state index is 0.546. The van der Waals surface area contributed by atoms with Crippen LogP contribution in [0.3, 0.4) is 0 Å². The molecule has 0 aliphatic heterocycles. The summed E-state index contributed by atoms with van der Waals surface area (Å²) in [5.41, 5.74) is 1.29. The average molecular weight is 341 g/mol. The van der Waals surface area contributed by atoms with Gasteiger partial charge in [0.05, 0.1) is 0 Å². The smallest absolute Gasteiger partial charge is 0.122 e. The zero-order valence-electron chi connectivity index (χ0n) is 15.4. The molecule has 2 aromatic carbocycles. The van der Waals surface area contributed by atoms with Gasteiger partial charge in [-0.1, -0.05) is 62.9 Å². The Hall–Kier alpha value is -2.00. The highest BCUT2D eigenvalue weighted by Crippen LogP contribution is 2.13. The van der Waals surface area contributed by atoms with E-state index in [1.165, 1.54) is 37.7 Å². The first-order valence-corrected chi connectivity index (χ1v) is 9.49. The number of para-hydroxylation sites is 1. The molecule has 0 fully saturated rings. The van der Waals surface area contributed by atoms with Crippen LogP contribution in [-0.2, 0) is 6.54 Å². The molecule has 0 bridgehead atoms. The van der Waals surface area contributed by atoms with Crippen LogP contribution < -0.4 is 14.8 Å². The second-order valence-electron chi connectivity index (χ2n) is 6.24. The molecular formula is C22H31NO2. The van der Waals surface area contributed by atoms with Crippen molar-refractivity contribution in [2.45, 2.75) is 45.6 Å². The molecule has 25 heavy (non-hydrogen) atoms. The highest BCUT2D eigenvalue weighted by molar-refractivity contribution is 5.27. The topological polar surface area (TPSA) is 30.5 Å². The molecular weight excluding hydrogens is 310 g/mol. The molecule has 0 aliphatic carbocycles. The summed E-state index contributed by atoms with van der Waals surface area (Å²) in [7, 11) is 0. The molecule has 0 heterocycles. The summed E-state index contributed by atoms with van der Waals surface area (Å²) in [6.45, 7) is 5.36. The largest absolute Gasteiger partial charge is 0.490 e. The number of hydrogen-bond acceptors (Lipinski definition) is 3. The van der Waals surface area contributed by atoms with E-state index in [0.717, 1.165) is 24.6 Å². The van der Waals surface area contributed by atoms with Gasteiger partial charge in [-0.3, -0.25) is 0 Å². The van der Waals surface area contributed by atoms with Crippen LogP contribution in [0.2, 0.25) is 0 Å². The van der Waals surface area contributed by atoms with Gasteiger partial charge in [-0.25, -0.2) is 0 Å². The van der Waals surface area contributed by atoms with Crippen molar-refractivity contribution in [2.75, 3.05) is 19.8 Å². The highest BCUT2D eigenvalue weighted by Gasteiger charge is 1.97. The Morgan fingerprint density at radius 2 is 1.36 bits per heavy atom. The third kappa shape index (κ3) is 8.59. The highest BCUT2D eigenvalue weighted by atomic mass is 16.5. The lowest BCUT2D eigenvalue weighted by Crippen LogP contribution is -2.14. The minimum absolute atomic E-state index is 0.546. The van der Waals surface area contributed by atoms with E-state index < -0.39 is 0 Å². The fraction of sp³-hybridized carbons (Fsp3) is 0.455. The second-order valence-corrected chi connectivity index (χ2v) is 6.24. The number of nitrogens with one attached hydrogen (secondary N) is 1. The van der Waals surface area contributed by atoms with E-state index >= 15 is 0 Å². The van der Waals surface area contributed by atoms with E-state index in [0.29, 0.717) is 13.2 Å². The fourth-order valence-electron chi connectivity index (χ4n) is 2.63. The van der Waals surface area contributed by atoms with E-state index in [-0.39, 0.29) is 0 Å². The van der Waals surface area contributed by atoms with Crippen molar-refractivity contribution in [2.24, 2.45) is 0 Å². The summed E-state index contributed by atoms with van der Waals surface area (Å²) in [6, 6.07) is 18.1. The number of rotatable bonds is 13. The van der Waals surface area contributed by atoms with Crippen LogP contribution in [0.25, 0.3) is 0 Å². The van der Waals surface area contributed by atoms with E-state index in [1.807, 2.05) is 42.5 Å². The third-order valence-corrected chi connectivity index (χ3v) is 4.07. The van der Waals surface area contributed by atoms with Gasteiger partial charge in [0.2, 0.25) is 0 Å². The second kappa shape index (κ2) is 12.4. The zero-order chi connectivity index (χ0) is 17.6.